The normalized spacial score (nSPS) is 17.0. The van der Waals surface area contributed by atoms with Crippen LogP contribution in [0.2, 0.25) is 0 Å². The number of nitrogens with one attached hydrogen (secondary N) is 1. The van der Waals surface area contributed by atoms with E-state index in [9.17, 15) is 4.79 Å². The van der Waals surface area contributed by atoms with E-state index < -0.39 is 0 Å². The van der Waals surface area contributed by atoms with Gasteiger partial charge in [0.2, 0.25) is 11.1 Å². The van der Waals surface area contributed by atoms with E-state index >= 15 is 0 Å². The van der Waals surface area contributed by atoms with Gasteiger partial charge in [0.15, 0.2) is 5.82 Å². The van der Waals surface area contributed by atoms with Crippen molar-refractivity contribution >= 4 is 23.4 Å². The lowest BCUT2D eigenvalue weighted by Crippen LogP contribution is -2.40. The van der Waals surface area contributed by atoms with Crippen molar-refractivity contribution in [2.24, 2.45) is 0 Å². The van der Waals surface area contributed by atoms with E-state index in [4.69, 9.17) is 0 Å². The predicted molar refractivity (Wildman–Crippen MR) is 109 cm³/mol. The second-order valence-electron chi connectivity index (χ2n) is 6.98. The molecule has 1 N–H and O–H groups in total. The second kappa shape index (κ2) is 7.19. The SMILES string of the molecule is Cc1ccc(-c2nc(S[C@@H](C)C(=O)N3c4ccccc4C[C@H]3C)n[nH]2)cc1. The van der Waals surface area contributed by atoms with Crippen molar-refractivity contribution in [3.63, 3.8) is 0 Å². The Morgan fingerprint density at radius 1 is 1.22 bits per heavy atom. The number of hydrogen-bond donors (Lipinski definition) is 1. The molecule has 0 unspecified atom stereocenters. The third kappa shape index (κ3) is 3.49. The molecule has 0 aliphatic carbocycles. The zero-order valence-electron chi connectivity index (χ0n) is 15.6. The van der Waals surface area contributed by atoms with Crippen molar-refractivity contribution in [3.8, 4) is 11.4 Å². The van der Waals surface area contributed by atoms with Crippen LogP contribution in [0.5, 0.6) is 0 Å². The van der Waals surface area contributed by atoms with Gasteiger partial charge in [-0.2, -0.15) is 0 Å². The van der Waals surface area contributed by atoms with Crippen LogP contribution in [0, 0.1) is 6.92 Å². The molecule has 2 aromatic carbocycles. The van der Waals surface area contributed by atoms with Crippen LogP contribution in [-0.2, 0) is 11.2 Å². The molecule has 4 rings (SSSR count). The summed E-state index contributed by atoms with van der Waals surface area (Å²) in [5.74, 6) is 0.816. The Morgan fingerprint density at radius 2 is 1.96 bits per heavy atom. The number of carbonyl (C=O) groups excluding carboxylic acids is 1. The molecule has 1 aliphatic heterocycles. The van der Waals surface area contributed by atoms with Crippen molar-refractivity contribution in [3.05, 3.63) is 59.7 Å². The van der Waals surface area contributed by atoms with Crippen molar-refractivity contribution in [2.75, 3.05) is 4.90 Å². The van der Waals surface area contributed by atoms with Crippen molar-refractivity contribution in [1.82, 2.24) is 15.2 Å². The van der Waals surface area contributed by atoms with Gasteiger partial charge in [0.05, 0.1) is 5.25 Å². The van der Waals surface area contributed by atoms with Gasteiger partial charge in [0.1, 0.15) is 0 Å². The molecule has 0 saturated heterocycles. The van der Waals surface area contributed by atoms with Crippen LogP contribution in [0.1, 0.15) is 25.0 Å². The van der Waals surface area contributed by atoms with Gasteiger partial charge in [-0.3, -0.25) is 9.89 Å². The number of fused-ring (bicyclic) bond motifs is 1. The van der Waals surface area contributed by atoms with Crippen molar-refractivity contribution < 1.29 is 4.79 Å². The van der Waals surface area contributed by atoms with Gasteiger partial charge in [-0.05, 0) is 38.8 Å². The smallest absolute Gasteiger partial charge is 0.240 e. The number of benzene rings is 2. The summed E-state index contributed by atoms with van der Waals surface area (Å²) in [7, 11) is 0. The Morgan fingerprint density at radius 3 is 2.74 bits per heavy atom. The van der Waals surface area contributed by atoms with E-state index in [-0.39, 0.29) is 17.2 Å². The van der Waals surface area contributed by atoms with Gasteiger partial charge in [-0.1, -0.05) is 59.8 Å². The fraction of sp³-hybridized carbons (Fsp3) is 0.286. The van der Waals surface area contributed by atoms with Crippen LogP contribution < -0.4 is 4.90 Å². The maximum atomic E-state index is 13.1. The number of aromatic nitrogens is 3. The summed E-state index contributed by atoms with van der Waals surface area (Å²) >= 11 is 1.39. The molecule has 0 spiro atoms. The molecule has 2 heterocycles. The highest BCUT2D eigenvalue weighted by Crippen LogP contribution is 2.34. The molecule has 1 aromatic heterocycles. The molecule has 27 heavy (non-hydrogen) atoms. The van der Waals surface area contributed by atoms with E-state index in [0.29, 0.717) is 5.16 Å². The fourth-order valence-corrected chi connectivity index (χ4v) is 4.22. The summed E-state index contributed by atoms with van der Waals surface area (Å²) in [6.45, 7) is 6.07. The molecule has 138 valence electrons. The zero-order valence-corrected chi connectivity index (χ0v) is 16.5. The first-order chi connectivity index (χ1) is 13.0. The van der Waals surface area contributed by atoms with E-state index in [1.165, 1.54) is 22.9 Å². The molecule has 2 atom stereocenters. The largest absolute Gasteiger partial charge is 0.308 e. The van der Waals surface area contributed by atoms with E-state index in [0.717, 1.165) is 23.5 Å². The van der Waals surface area contributed by atoms with Crippen LogP contribution in [-0.4, -0.2) is 32.4 Å². The van der Waals surface area contributed by atoms with Crippen LogP contribution in [0.3, 0.4) is 0 Å². The topological polar surface area (TPSA) is 61.9 Å². The summed E-state index contributed by atoms with van der Waals surface area (Å²) in [4.78, 5) is 19.5. The molecule has 0 radical (unpaired) electrons. The van der Waals surface area contributed by atoms with Gasteiger partial charge in [0.25, 0.3) is 0 Å². The number of carbonyl (C=O) groups is 1. The third-order valence-corrected chi connectivity index (χ3v) is 5.81. The molecule has 0 saturated carbocycles. The van der Waals surface area contributed by atoms with E-state index in [1.807, 2.05) is 54.3 Å². The highest BCUT2D eigenvalue weighted by Gasteiger charge is 2.33. The maximum Gasteiger partial charge on any atom is 0.240 e. The Hall–Kier alpha value is -2.60. The Kier molecular flexibility index (Phi) is 4.74. The molecule has 0 bridgehead atoms. The average Bonchev–Trinajstić information content (AvgIpc) is 3.25. The van der Waals surface area contributed by atoms with Crippen LogP contribution in [0.4, 0.5) is 5.69 Å². The van der Waals surface area contributed by atoms with Gasteiger partial charge in [0, 0.05) is 17.3 Å². The lowest BCUT2D eigenvalue weighted by molar-refractivity contribution is -0.118. The third-order valence-electron chi connectivity index (χ3n) is 4.86. The second-order valence-corrected chi connectivity index (χ2v) is 8.29. The highest BCUT2D eigenvalue weighted by atomic mass is 32.2. The maximum absolute atomic E-state index is 13.1. The summed E-state index contributed by atoms with van der Waals surface area (Å²) in [6.07, 6.45) is 0.900. The number of para-hydroxylation sites is 1. The lowest BCUT2D eigenvalue weighted by atomic mass is 10.1. The number of rotatable bonds is 4. The summed E-state index contributed by atoms with van der Waals surface area (Å²) < 4.78 is 0. The van der Waals surface area contributed by atoms with Crippen molar-refractivity contribution in [2.45, 2.75) is 43.6 Å². The summed E-state index contributed by atoms with van der Waals surface area (Å²) in [6, 6.07) is 16.4. The van der Waals surface area contributed by atoms with E-state index in [2.05, 4.69) is 35.1 Å². The van der Waals surface area contributed by atoms with Crippen LogP contribution in [0.15, 0.2) is 53.7 Å². The zero-order chi connectivity index (χ0) is 19.0. The monoisotopic (exact) mass is 378 g/mol. The molecule has 5 nitrogen and oxygen atoms in total. The molecule has 3 aromatic rings. The van der Waals surface area contributed by atoms with Crippen molar-refractivity contribution in [1.29, 1.82) is 0 Å². The average molecular weight is 379 g/mol. The number of aromatic amines is 1. The molecular weight excluding hydrogens is 356 g/mol. The quantitative estimate of drug-likeness (QED) is 0.690. The molecular formula is C21H22N4OS. The number of thioether (sulfide) groups is 1. The summed E-state index contributed by atoms with van der Waals surface area (Å²) in [5.41, 5.74) is 4.45. The number of amides is 1. The predicted octanol–water partition coefficient (Wildman–Crippen LogP) is 4.24. The van der Waals surface area contributed by atoms with Crippen LogP contribution >= 0.6 is 11.8 Å². The minimum Gasteiger partial charge on any atom is -0.308 e. The van der Waals surface area contributed by atoms with Gasteiger partial charge in [-0.15, -0.1) is 5.10 Å². The van der Waals surface area contributed by atoms with E-state index in [1.54, 1.807) is 0 Å². The lowest BCUT2D eigenvalue weighted by Gasteiger charge is -2.25. The summed E-state index contributed by atoms with van der Waals surface area (Å²) in [5, 5.41) is 7.58. The molecule has 0 fully saturated rings. The standard InChI is InChI=1S/C21H22N4OS/c1-13-8-10-16(11-9-13)19-22-21(24-23-19)27-15(3)20(26)25-14(2)12-17-6-4-5-7-18(17)25/h4-11,14-15H,12H2,1-3H3,(H,22,23,24)/t14-,15+/m1/s1. The molecule has 1 aliphatic rings. The number of nitrogens with zero attached hydrogens (tertiary/aromatic N) is 3. The first kappa shape index (κ1) is 17.8. The molecule has 6 heteroatoms. The number of aryl methyl sites for hydroxylation is 1. The first-order valence-electron chi connectivity index (χ1n) is 9.10. The van der Waals surface area contributed by atoms with Crippen LogP contribution in [0.25, 0.3) is 11.4 Å². The van der Waals surface area contributed by atoms with Gasteiger partial charge in [-0.25, -0.2) is 4.98 Å². The Bertz CT molecular complexity index is 966. The fourth-order valence-electron chi connectivity index (χ4n) is 3.45. The van der Waals surface area contributed by atoms with Gasteiger partial charge >= 0.3 is 0 Å². The number of H-pyrrole nitrogens is 1. The minimum absolute atomic E-state index is 0.0964. The minimum atomic E-state index is -0.264. The Labute approximate surface area is 163 Å². The number of anilines is 1. The number of hydrogen-bond acceptors (Lipinski definition) is 4. The Balaban J connectivity index is 1.49. The molecule has 1 amide bonds. The highest BCUT2D eigenvalue weighted by molar-refractivity contribution is 8.00. The van der Waals surface area contributed by atoms with Gasteiger partial charge < -0.3 is 4.90 Å². The first-order valence-corrected chi connectivity index (χ1v) is 9.98.